The molecule has 5 nitrogen and oxygen atoms in total. The molecular formula is C18H24N4OS. The number of nitrogens with zero attached hydrogens (tertiary/aromatic N) is 4. The lowest BCUT2D eigenvalue weighted by molar-refractivity contribution is 0.0595. The summed E-state index contributed by atoms with van der Waals surface area (Å²) < 4.78 is 2.03. The highest BCUT2D eigenvalue weighted by molar-refractivity contribution is 7.98. The molecule has 1 amide bonds. The molecule has 0 unspecified atom stereocenters. The van der Waals surface area contributed by atoms with E-state index in [1.165, 1.54) is 0 Å². The highest BCUT2D eigenvalue weighted by Gasteiger charge is 2.23. The second kappa shape index (κ2) is 7.40. The van der Waals surface area contributed by atoms with E-state index in [2.05, 4.69) is 23.7 Å². The monoisotopic (exact) mass is 344 g/mol. The Labute approximate surface area is 147 Å². The van der Waals surface area contributed by atoms with E-state index < -0.39 is 0 Å². The number of hydrogen-bond acceptors (Lipinski definition) is 4. The van der Waals surface area contributed by atoms with Crippen LogP contribution < -0.4 is 0 Å². The Morgan fingerprint density at radius 2 is 1.79 bits per heavy atom. The molecule has 2 aromatic rings. The van der Waals surface area contributed by atoms with Crippen LogP contribution in [0.4, 0.5) is 0 Å². The van der Waals surface area contributed by atoms with Gasteiger partial charge in [-0.3, -0.25) is 14.3 Å². The van der Waals surface area contributed by atoms with Crippen molar-refractivity contribution >= 4 is 17.7 Å². The molecule has 1 fully saturated rings. The summed E-state index contributed by atoms with van der Waals surface area (Å²) in [6.07, 6.45) is 5.74. The van der Waals surface area contributed by atoms with Crippen LogP contribution in [0.5, 0.6) is 0 Å². The number of benzene rings is 1. The Morgan fingerprint density at radius 1 is 1.12 bits per heavy atom. The van der Waals surface area contributed by atoms with Crippen molar-refractivity contribution < 1.29 is 4.79 Å². The lowest BCUT2D eigenvalue weighted by Gasteiger charge is -2.37. The Morgan fingerprint density at radius 3 is 2.38 bits per heavy atom. The molecule has 0 N–H and O–H groups in total. The summed E-state index contributed by atoms with van der Waals surface area (Å²) in [6, 6.07) is 8.34. The fraction of sp³-hybridized carbons (Fsp3) is 0.444. The molecular weight excluding hydrogens is 320 g/mol. The maximum atomic E-state index is 12.7. The first kappa shape index (κ1) is 17.0. The molecule has 1 saturated heterocycles. The van der Waals surface area contributed by atoms with Crippen molar-refractivity contribution in [2.24, 2.45) is 0 Å². The van der Waals surface area contributed by atoms with Crippen molar-refractivity contribution in [1.82, 2.24) is 19.4 Å². The van der Waals surface area contributed by atoms with E-state index in [9.17, 15) is 4.79 Å². The van der Waals surface area contributed by atoms with Crippen LogP contribution in [0, 0.1) is 0 Å². The molecule has 1 aromatic carbocycles. The summed E-state index contributed by atoms with van der Waals surface area (Å²) in [5, 5.41) is 0.943. The zero-order valence-electron chi connectivity index (χ0n) is 14.5. The molecule has 0 atom stereocenters. The van der Waals surface area contributed by atoms with Gasteiger partial charge >= 0.3 is 0 Å². The lowest BCUT2D eigenvalue weighted by Crippen LogP contribution is -2.50. The van der Waals surface area contributed by atoms with Gasteiger partial charge in [-0.25, -0.2) is 4.98 Å². The van der Waals surface area contributed by atoms with Crippen molar-refractivity contribution in [1.29, 1.82) is 0 Å². The highest BCUT2D eigenvalue weighted by Crippen LogP contribution is 2.19. The number of carbonyl (C=O) groups excluding carboxylic acids is 1. The maximum absolute atomic E-state index is 12.7. The second-order valence-corrected chi connectivity index (χ2v) is 7.03. The molecule has 0 bridgehead atoms. The molecule has 24 heavy (non-hydrogen) atoms. The van der Waals surface area contributed by atoms with Crippen LogP contribution in [-0.2, 0) is 0 Å². The van der Waals surface area contributed by atoms with E-state index in [-0.39, 0.29) is 5.91 Å². The number of imidazole rings is 1. The lowest BCUT2D eigenvalue weighted by atomic mass is 10.1. The molecule has 6 heteroatoms. The number of carbonyl (C=O) groups is 1. The molecule has 1 aromatic heterocycles. The number of rotatable bonds is 4. The number of piperazine rings is 1. The summed E-state index contributed by atoms with van der Waals surface area (Å²) in [5.74, 6) is 0.126. The molecule has 0 spiro atoms. The Bertz CT molecular complexity index is 687. The van der Waals surface area contributed by atoms with Crippen molar-refractivity contribution in [3.05, 3.63) is 42.2 Å². The van der Waals surface area contributed by atoms with E-state index in [0.29, 0.717) is 6.04 Å². The summed E-state index contributed by atoms with van der Waals surface area (Å²) in [4.78, 5) is 21.4. The van der Waals surface area contributed by atoms with E-state index >= 15 is 0 Å². The third-order valence-corrected chi connectivity index (χ3v) is 5.18. The largest absolute Gasteiger partial charge is 0.336 e. The van der Waals surface area contributed by atoms with Gasteiger partial charge in [-0.1, -0.05) is 11.8 Å². The summed E-state index contributed by atoms with van der Waals surface area (Å²) in [5.41, 5.74) is 1.78. The Balaban J connectivity index is 1.69. The second-order valence-electron chi connectivity index (χ2n) is 6.25. The van der Waals surface area contributed by atoms with Crippen LogP contribution >= 0.6 is 11.8 Å². The van der Waals surface area contributed by atoms with Gasteiger partial charge in [0.1, 0.15) is 0 Å². The zero-order chi connectivity index (χ0) is 17.1. The van der Waals surface area contributed by atoms with Gasteiger partial charge < -0.3 is 4.90 Å². The maximum Gasteiger partial charge on any atom is 0.253 e. The average Bonchev–Trinajstić information content (AvgIpc) is 3.10. The first-order valence-electron chi connectivity index (χ1n) is 8.31. The molecule has 3 rings (SSSR count). The predicted octanol–water partition coefficient (Wildman–Crippen LogP) is 2.76. The zero-order valence-corrected chi connectivity index (χ0v) is 15.3. The van der Waals surface area contributed by atoms with Crippen LogP contribution in [0.3, 0.4) is 0 Å². The van der Waals surface area contributed by atoms with E-state index in [4.69, 9.17) is 0 Å². The van der Waals surface area contributed by atoms with Gasteiger partial charge in [0.05, 0.1) is 0 Å². The van der Waals surface area contributed by atoms with E-state index in [1.54, 1.807) is 18.0 Å². The third kappa shape index (κ3) is 3.49. The van der Waals surface area contributed by atoms with Crippen molar-refractivity contribution in [3.8, 4) is 5.69 Å². The standard InChI is InChI=1S/C18H24N4OS/c1-14(2)20-10-12-21(13-11-20)17(23)15-4-6-16(7-5-15)22-9-8-19-18(22)24-3/h4-9,14H,10-13H2,1-3H3. The fourth-order valence-electron chi connectivity index (χ4n) is 3.03. The van der Waals surface area contributed by atoms with Crippen molar-refractivity contribution in [3.63, 3.8) is 0 Å². The number of thioether (sulfide) groups is 1. The smallest absolute Gasteiger partial charge is 0.253 e. The topological polar surface area (TPSA) is 41.4 Å². The Kier molecular flexibility index (Phi) is 5.26. The van der Waals surface area contributed by atoms with Gasteiger partial charge in [0.2, 0.25) is 0 Å². The van der Waals surface area contributed by atoms with Gasteiger partial charge in [-0.2, -0.15) is 0 Å². The van der Waals surface area contributed by atoms with Crippen LogP contribution in [0.25, 0.3) is 5.69 Å². The van der Waals surface area contributed by atoms with Crippen LogP contribution in [0.1, 0.15) is 24.2 Å². The minimum atomic E-state index is 0.126. The first-order valence-corrected chi connectivity index (χ1v) is 9.53. The van der Waals surface area contributed by atoms with Gasteiger partial charge in [-0.15, -0.1) is 0 Å². The molecule has 0 radical (unpaired) electrons. The number of aromatic nitrogens is 2. The van der Waals surface area contributed by atoms with Crippen LogP contribution in [-0.4, -0.2) is 63.7 Å². The van der Waals surface area contributed by atoms with Crippen molar-refractivity contribution in [2.75, 3.05) is 32.4 Å². The van der Waals surface area contributed by atoms with Gasteiger partial charge in [0.25, 0.3) is 5.91 Å². The number of amides is 1. The Hall–Kier alpha value is -1.79. The number of hydrogen-bond donors (Lipinski definition) is 0. The van der Waals surface area contributed by atoms with Gasteiger partial charge in [-0.05, 0) is 44.4 Å². The minimum Gasteiger partial charge on any atom is -0.336 e. The van der Waals surface area contributed by atoms with E-state index in [0.717, 1.165) is 42.6 Å². The van der Waals surface area contributed by atoms with E-state index in [1.807, 2.05) is 46.2 Å². The molecule has 1 aliphatic heterocycles. The molecule has 128 valence electrons. The van der Waals surface area contributed by atoms with Crippen LogP contribution in [0.15, 0.2) is 41.8 Å². The summed E-state index contributed by atoms with van der Waals surface area (Å²) in [7, 11) is 0. The predicted molar refractivity (Wildman–Crippen MR) is 98.0 cm³/mol. The summed E-state index contributed by atoms with van der Waals surface area (Å²) in [6.45, 7) is 7.92. The normalized spacial score (nSPS) is 15.9. The third-order valence-electron chi connectivity index (χ3n) is 4.51. The van der Waals surface area contributed by atoms with Gasteiger partial charge in [0, 0.05) is 55.9 Å². The molecule has 0 aliphatic carbocycles. The average molecular weight is 344 g/mol. The molecule has 1 aliphatic rings. The SMILES string of the molecule is CSc1nccn1-c1ccc(C(=O)N2CCN(C(C)C)CC2)cc1. The van der Waals surface area contributed by atoms with Crippen molar-refractivity contribution in [2.45, 2.75) is 25.0 Å². The highest BCUT2D eigenvalue weighted by atomic mass is 32.2. The quantitative estimate of drug-likeness (QED) is 0.800. The van der Waals surface area contributed by atoms with Gasteiger partial charge in [0.15, 0.2) is 5.16 Å². The fourth-order valence-corrected chi connectivity index (χ4v) is 3.56. The molecule has 0 saturated carbocycles. The molecule has 2 heterocycles. The van der Waals surface area contributed by atoms with Crippen LogP contribution in [0.2, 0.25) is 0 Å². The minimum absolute atomic E-state index is 0.126. The first-order chi connectivity index (χ1) is 11.6. The summed E-state index contributed by atoms with van der Waals surface area (Å²) >= 11 is 1.60.